The monoisotopic (exact) mass is 330 g/mol. The summed E-state index contributed by atoms with van der Waals surface area (Å²) >= 11 is 0. The third kappa shape index (κ3) is 6.93. The SMILES string of the molecule is C=CC(=O)OCC[P+](C)(C)Cc1ccccc1.[Br-]. The van der Waals surface area contributed by atoms with Gasteiger partial charge in [-0.05, 0) is 5.56 Å². The Morgan fingerprint density at radius 3 is 2.50 bits per heavy atom. The molecular weight excluding hydrogens is 311 g/mol. The number of hydrogen-bond acceptors (Lipinski definition) is 2. The lowest BCUT2D eigenvalue weighted by molar-refractivity contribution is -0.137. The van der Waals surface area contributed by atoms with E-state index in [1.54, 1.807) is 0 Å². The largest absolute Gasteiger partial charge is 1.00 e. The topological polar surface area (TPSA) is 26.3 Å². The molecule has 0 unspecified atom stereocenters. The first-order chi connectivity index (χ1) is 8.03. The lowest BCUT2D eigenvalue weighted by Gasteiger charge is -2.17. The van der Waals surface area contributed by atoms with E-state index in [0.717, 1.165) is 12.3 Å². The number of hydrogen-bond donors (Lipinski definition) is 0. The van der Waals surface area contributed by atoms with E-state index < -0.39 is 7.26 Å². The zero-order valence-electron chi connectivity index (χ0n) is 10.9. The van der Waals surface area contributed by atoms with E-state index in [1.165, 1.54) is 11.6 Å². The summed E-state index contributed by atoms with van der Waals surface area (Å²) in [4.78, 5) is 10.9. The van der Waals surface area contributed by atoms with E-state index in [4.69, 9.17) is 4.74 Å². The van der Waals surface area contributed by atoms with E-state index in [1.807, 2.05) is 6.07 Å². The minimum atomic E-state index is -1.04. The smallest absolute Gasteiger partial charge is 0.330 e. The van der Waals surface area contributed by atoms with Crippen molar-refractivity contribution >= 4 is 13.2 Å². The van der Waals surface area contributed by atoms with Gasteiger partial charge < -0.3 is 21.7 Å². The molecule has 18 heavy (non-hydrogen) atoms. The Hall–Kier alpha value is -0.660. The molecule has 0 aromatic heterocycles. The fourth-order valence-electron chi connectivity index (χ4n) is 1.61. The number of ether oxygens (including phenoxy) is 1. The van der Waals surface area contributed by atoms with Crippen LogP contribution in [0.3, 0.4) is 0 Å². The summed E-state index contributed by atoms with van der Waals surface area (Å²) in [5.74, 6) is -0.329. The van der Waals surface area contributed by atoms with E-state index in [9.17, 15) is 4.79 Å². The molecule has 0 saturated heterocycles. The molecule has 1 aromatic carbocycles. The maximum atomic E-state index is 10.9. The molecule has 4 heteroatoms. The fourth-order valence-corrected chi connectivity index (χ4v) is 3.55. The van der Waals surface area contributed by atoms with Crippen LogP contribution in [0.4, 0.5) is 0 Å². The molecule has 0 aliphatic carbocycles. The number of benzene rings is 1. The first-order valence-electron chi connectivity index (χ1n) is 5.68. The summed E-state index contributed by atoms with van der Waals surface area (Å²) in [5, 5.41) is 0. The molecular formula is C14H20BrO2P. The quantitative estimate of drug-likeness (QED) is 0.423. The summed E-state index contributed by atoms with van der Waals surface area (Å²) in [7, 11) is -1.04. The third-order valence-corrected chi connectivity index (χ3v) is 5.18. The molecule has 1 rings (SSSR count). The Balaban J connectivity index is 0.00000289. The average Bonchev–Trinajstić information content (AvgIpc) is 2.29. The zero-order chi connectivity index (χ0) is 12.7. The summed E-state index contributed by atoms with van der Waals surface area (Å²) in [6.07, 6.45) is 3.27. The van der Waals surface area contributed by atoms with Crippen LogP contribution in [-0.4, -0.2) is 32.1 Å². The van der Waals surface area contributed by atoms with Crippen molar-refractivity contribution in [3.05, 3.63) is 48.6 Å². The van der Waals surface area contributed by atoms with Gasteiger partial charge in [-0.2, -0.15) is 0 Å². The van der Waals surface area contributed by atoms with Crippen LogP contribution < -0.4 is 17.0 Å². The predicted molar refractivity (Wildman–Crippen MR) is 74.9 cm³/mol. The molecule has 0 heterocycles. The van der Waals surface area contributed by atoms with Gasteiger partial charge in [0.05, 0.1) is 12.3 Å². The molecule has 0 aliphatic heterocycles. The Kier molecular flexibility index (Phi) is 8.13. The molecule has 1 aromatic rings. The van der Waals surface area contributed by atoms with Gasteiger partial charge in [0.25, 0.3) is 0 Å². The fraction of sp³-hybridized carbons (Fsp3) is 0.357. The van der Waals surface area contributed by atoms with Crippen molar-refractivity contribution in [2.45, 2.75) is 6.16 Å². The molecule has 2 nitrogen and oxygen atoms in total. The second-order valence-corrected chi connectivity index (χ2v) is 9.31. The summed E-state index contributed by atoms with van der Waals surface area (Å²) < 4.78 is 5.04. The Morgan fingerprint density at radius 1 is 1.33 bits per heavy atom. The second kappa shape index (κ2) is 8.44. The summed E-state index contributed by atoms with van der Waals surface area (Å²) in [5.41, 5.74) is 1.36. The minimum Gasteiger partial charge on any atom is -1.00 e. The molecule has 0 N–H and O–H groups in total. The molecule has 0 bridgehead atoms. The minimum absolute atomic E-state index is 0. The van der Waals surface area contributed by atoms with Crippen LogP contribution in [0.15, 0.2) is 43.0 Å². The summed E-state index contributed by atoms with van der Waals surface area (Å²) in [6, 6.07) is 10.5. The Morgan fingerprint density at radius 2 is 1.94 bits per heavy atom. The number of rotatable bonds is 6. The van der Waals surface area contributed by atoms with Crippen LogP contribution in [-0.2, 0) is 15.7 Å². The first kappa shape index (κ1) is 17.3. The van der Waals surface area contributed by atoms with Crippen molar-refractivity contribution in [1.82, 2.24) is 0 Å². The van der Waals surface area contributed by atoms with E-state index in [0.29, 0.717) is 6.61 Å². The average molecular weight is 331 g/mol. The van der Waals surface area contributed by atoms with Crippen molar-refractivity contribution in [2.75, 3.05) is 26.1 Å². The van der Waals surface area contributed by atoms with Gasteiger partial charge in [-0.3, -0.25) is 0 Å². The van der Waals surface area contributed by atoms with Crippen LogP contribution in [0.5, 0.6) is 0 Å². The van der Waals surface area contributed by atoms with Crippen molar-refractivity contribution in [3.8, 4) is 0 Å². The highest BCUT2D eigenvalue weighted by Crippen LogP contribution is 2.53. The number of halogens is 1. The lowest BCUT2D eigenvalue weighted by atomic mass is 10.2. The predicted octanol–water partition coefficient (Wildman–Crippen LogP) is 0.197. The first-order valence-corrected chi connectivity index (χ1v) is 8.74. The molecule has 0 aliphatic rings. The maximum Gasteiger partial charge on any atom is 0.330 e. The lowest BCUT2D eigenvalue weighted by Crippen LogP contribution is -3.00. The van der Waals surface area contributed by atoms with Crippen molar-refractivity contribution in [3.63, 3.8) is 0 Å². The van der Waals surface area contributed by atoms with Gasteiger partial charge in [0.2, 0.25) is 0 Å². The molecule has 0 amide bonds. The molecule has 0 spiro atoms. The van der Waals surface area contributed by atoms with Gasteiger partial charge >= 0.3 is 5.97 Å². The normalized spacial score (nSPS) is 10.3. The highest BCUT2D eigenvalue weighted by Gasteiger charge is 2.25. The van der Waals surface area contributed by atoms with Crippen LogP contribution in [0.2, 0.25) is 0 Å². The van der Waals surface area contributed by atoms with Crippen molar-refractivity contribution < 1.29 is 26.5 Å². The van der Waals surface area contributed by atoms with Gasteiger partial charge in [0, 0.05) is 26.7 Å². The number of carbonyl (C=O) groups excluding carboxylic acids is 1. The number of carbonyl (C=O) groups is 1. The summed E-state index contributed by atoms with van der Waals surface area (Å²) in [6.45, 7) is 8.46. The maximum absolute atomic E-state index is 10.9. The standard InChI is InChI=1S/C14H20O2P.BrH/c1-4-14(15)16-10-11-17(2,3)12-13-8-6-5-7-9-13;/h4-9H,1,10-12H2,2-3H3;1H/q+1;/p-1. The Labute approximate surface area is 121 Å². The van der Waals surface area contributed by atoms with Crippen molar-refractivity contribution in [2.24, 2.45) is 0 Å². The molecule has 0 radical (unpaired) electrons. The van der Waals surface area contributed by atoms with Gasteiger partial charge in [0.15, 0.2) is 0 Å². The van der Waals surface area contributed by atoms with E-state index in [-0.39, 0.29) is 23.0 Å². The van der Waals surface area contributed by atoms with Gasteiger partial charge in [-0.1, -0.05) is 36.9 Å². The third-order valence-electron chi connectivity index (χ3n) is 2.56. The van der Waals surface area contributed by atoms with Crippen LogP contribution in [0, 0.1) is 0 Å². The van der Waals surface area contributed by atoms with Crippen LogP contribution >= 0.6 is 7.26 Å². The van der Waals surface area contributed by atoms with Gasteiger partial charge in [0.1, 0.15) is 6.61 Å². The zero-order valence-corrected chi connectivity index (χ0v) is 13.4. The van der Waals surface area contributed by atoms with Crippen LogP contribution in [0.25, 0.3) is 0 Å². The highest BCUT2D eigenvalue weighted by molar-refractivity contribution is 7.73. The second-order valence-electron chi connectivity index (χ2n) is 4.67. The van der Waals surface area contributed by atoms with Crippen molar-refractivity contribution in [1.29, 1.82) is 0 Å². The molecule has 0 atom stereocenters. The van der Waals surface area contributed by atoms with E-state index in [2.05, 4.69) is 44.2 Å². The van der Waals surface area contributed by atoms with Crippen LogP contribution in [0.1, 0.15) is 5.56 Å². The van der Waals surface area contributed by atoms with Gasteiger partial charge in [-0.25, -0.2) is 4.79 Å². The van der Waals surface area contributed by atoms with Gasteiger partial charge in [-0.15, -0.1) is 0 Å². The molecule has 0 fully saturated rings. The number of esters is 1. The molecule has 100 valence electrons. The molecule has 0 saturated carbocycles. The highest BCUT2D eigenvalue weighted by atomic mass is 79.9. The Bertz CT molecular complexity index is 377. The van der Waals surface area contributed by atoms with E-state index >= 15 is 0 Å².